The van der Waals surface area contributed by atoms with Gasteiger partial charge in [0.2, 0.25) is 0 Å². The molecule has 0 aromatic heterocycles. The van der Waals surface area contributed by atoms with Gasteiger partial charge in [-0.2, -0.15) is 0 Å². The number of rotatable bonds is 7. The van der Waals surface area contributed by atoms with Crippen LogP contribution in [0.25, 0.3) is 0 Å². The van der Waals surface area contributed by atoms with Crippen molar-refractivity contribution < 1.29 is 23.5 Å². The third-order valence-electron chi connectivity index (χ3n) is 8.14. The van der Waals surface area contributed by atoms with E-state index in [2.05, 4.69) is 48.5 Å². The SMILES string of the molecule is COCCN1C2=C(C(=O)CC(C)(C)C2)C(c2ccc(OCc3ccc(F)cc3)c(Br)c2)C2=C1CC(C)(C)CC2=O. The van der Waals surface area contributed by atoms with E-state index in [4.69, 9.17) is 9.47 Å². The predicted molar refractivity (Wildman–Crippen MR) is 156 cm³/mol. The van der Waals surface area contributed by atoms with E-state index in [9.17, 15) is 14.0 Å². The molecular formula is C33H37BrFNO4. The van der Waals surface area contributed by atoms with Crippen molar-refractivity contribution in [2.24, 2.45) is 10.8 Å². The van der Waals surface area contributed by atoms with E-state index < -0.39 is 5.92 Å². The summed E-state index contributed by atoms with van der Waals surface area (Å²) in [5.74, 6) is 0.150. The summed E-state index contributed by atoms with van der Waals surface area (Å²) in [7, 11) is 1.68. The van der Waals surface area contributed by atoms with Crippen LogP contribution in [0.4, 0.5) is 4.39 Å². The lowest BCUT2D eigenvalue weighted by atomic mass is 9.63. The molecule has 0 atom stereocenters. The smallest absolute Gasteiger partial charge is 0.162 e. The van der Waals surface area contributed by atoms with Gasteiger partial charge in [-0.05, 0) is 75.0 Å². The molecule has 40 heavy (non-hydrogen) atoms. The van der Waals surface area contributed by atoms with Crippen LogP contribution in [0.2, 0.25) is 0 Å². The minimum atomic E-state index is -0.418. The summed E-state index contributed by atoms with van der Waals surface area (Å²) in [6.45, 7) is 9.97. The number of hydrogen-bond donors (Lipinski definition) is 0. The van der Waals surface area contributed by atoms with E-state index in [1.807, 2.05) is 18.2 Å². The Morgan fingerprint density at radius 1 is 0.900 bits per heavy atom. The molecule has 0 saturated heterocycles. The second-order valence-electron chi connectivity index (χ2n) is 12.8. The predicted octanol–water partition coefficient (Wildman–Crippen LogP) is 7.50. The van der Waals surface area contributed by atoms with Crippen molar-refractivity contribution in [3.8, 4) is 5.75 Å². The van der Waals surface area contributed by atoms with Gasteiger partial charge in [0.15, 0.2) is 11.6 Å². The quantitative estimate of drug-likeness (QED) is 0.325. The molecule has 2 aromatic rings. The molecule has 0 fully saturated rings. The van der Waals surface area contributed by atoms with Crippen LogP contribution < -0.4 is 4.74 Å². The lowest BCUT2D eigenvalue weighted by molar-refractivity contribution is -0.119. The second kappa shape index (κ2) is 10.9. The molecule has 7 heteroatoms. The van der Waals surface area contributed by atoms with E-state index in [0.29, 0.717) is 38.3 Å². The molecule has 2 aromatic carbocycles. The topological polar surface area (TPSA) is 55.8 Å². The minimum absolute atomic E-state index is 0.107. The highest BCUT2D eigenvalue weighted by Gasteiger charge is 2.48. The Hall–Kier alpha value is -2.77. The highest BCUT2D eigenvalue weighted by molar-refractivity contribution is 9.10. The summed E-state index contributed by atoms with van der Waals surface area (Å²) in [4.78, 5) is 30.0. The molecular weight excluding hydrogens is 573 g/mol. The average Bonchev–Trinajstić information content (AvgIpc) is 2.86. The summed E-state index contributed by atoms with van der Waals surface area (Å²) in [6.07, 6.45) is 2.42. The number of allylic oxidation sites excluding steroid dienone is 4. The number of methoxy groups -OCH3 is 1. The van der Waals surface area contributed by atoms with Crippen molar-refractivity contribution in [3.05, 3.63) is 86.4 Å². The normalized spacial score (nSPS) is 20.5. The lowest BCUT2D eigenvalue weighted by Crippen LogP contribution is -2.45. The molecule has 0 radical (unpaired) electrons. The van der Waals surface area contributed by atoms with Crippen molar-refractivity contribution in [1.82, 2.24) is 4.90 Å². The van der Waals surface area contributed by atoms with E-state index in [0.717, 1.165) is 51.0 Å². The molecule has 0 N–H and O–H groups in total. The monoisotopic (exact) mass is 609 g/mol. The molecule has 1 heterocycles. The molecule has 0 unspecified atom stereocenters. The number of ketones is 2. The molecule has 1 aliphatic heterocycles. The first-order valence-electron chi connectivity index (χ1n) is 13.8. The first-order chi connectivity index (χ1) is 18.9. The van der Waals surface area contributed by atoms with Crippen LogP contribution in [0.5, 0.6) is 5.75 Å². The van der Waals surface area contributed by atoms with Crippen molar-refractivity contribution in [1.29, 1.82) is 0 Å². The number of carbonyl (C=O) groups excluding carboxylic acids is 2. The summed E-state index contributed by atoms with van der Waals surface area (Å²) in [5.41, 5.74) is 4.96. The van der Waals surface area contributed by atoms with Gasteiger partial charge in [0, 0.05) is 55.0 Å². The van der Waals surface area contributed by atoms with Crippen LogP contribution in [0.15, 0.2) is 69.5 Å². The van der Waals surface area contributed by atoms with Crippen LogP contribution in [-0.2, 0) is 20.9 Å². The summed E-state index contributed by atoms with van der Waals surface area (Å²) < 4.78 is 25.5. The molecule has 0 spiro atoms. The van der Waals surface area contributed by atoms with Crippen LogP contribution in [0.3, 0.4) is 0 Å². The summed E-state index contributed by atoms with van der Waals surface area (Å²) in [6, 6.07) is 12.1. The van der Waals surface area contributed by atoms with E-state index in [-0.39, 0.29) is 28.2 Å². The Balaban J connectivity index is 1.58. The zero-order chi connectivity index (χ0) is 28.8. The van der Waals surface area contributed by atoms with Gasteiger partial charge in [0.25, 0.3) is 0 Å². The highest BCUT2D eigenvalue weighted by atomic mass is 79.9. The number of Topliss-reactive ketones (excluding diaryl/α,β-unsaturated/α-hetero) is 2. The van der Waals surface area contributed by atoms with Crippen LogP contribution in [0.1, 0.15) is 70.4 Å². The molecule has 5 rings (SSSR count). The Morgan fingerprint density at radius 3 is 2.00 bits per heavy atom. The van der Waals surface area contributed by atoms with Gasteiger partial charge in [-0.1, -0.05) is 45.9 Å². The Labute approximate surface area is 244 Å². The average molecular weight is 611 g/mol. The second-order valence-corrected chi connectivity index (χ2v) is 13.6. The first kappa shape index (κ1) is 28.7. The Kier molecular flexibility index (Phi) is 7.83. The Morgan fingerprint density at radius 2 is 1.48 bits per heavy atom. The molecule has 212 valence electrons. The van der Waals surface area contributed by atoms with Gasteiger partial charge in [-0.15, -0.1) is 0 Å². The summed E-state index contributed by atoms with van der Waals surface area (Å²) >= 11 is 3.67. The van der Waals surface area contributed by atoms with Crippen molar-refractivity contribution >= 4 is 27.5 Å². The fourth-order valence-corrected chi connectivity index (χ4v) is 6.90. The maximum Gasteiger partial charge on any atom is 0.162 e. The highest BCUT2D eigenvalue weighted by Crippen LogP contribution is 2.54. The van der Waals surface area contributed by atoms with E-state index >= 15 is 0 Å². The molecule has 0 bridgehead atoms. The lowest BCUT2D eigenvalue weighted by Gasteiger charge is -2.49. The van der Waals surface area contributed by atoms with Gasteiger partial charge in [0.05, 0.1) is 11.1 Å². The van der Waals surface area contributed by atoms with Crippen molar-refractivity contribution in [2.75, 3.05) is 20.3 Å². The zero-order valence-electron chi connectivity index (χ0n) is 23.9. The number of carbonyl (C=O) groups is 2. The number of benzene rings is 2. The van der Waals surface area contributed by atoms with Crippen LogP contribution in [-0.4, -0.2) is 36.7 Å². The van der Waals surface area contributed by atoms with Gasteiger partial charge in [0.1, 0.15) is 18.2 Å². The van der Waals surface area contributed by atoms with Crippen LogP contribution in [0, 0.1) is 16.6 Å². The fourth-order valence-electron chi connectivity index (χ4n) is 6.39. The molecule has 0 amide bonds. The summed E-state index contributed by atoms with van der Waals surface area (Å²) in [5, 5.41) is 0. The maximum atomic E-state index is 13.9. The largest absolute Gasteiger partial charge is 0.488 e. The third kappa shape index (κ3) is 5.68. The maximum absolute atomic E-state index is 13.9. The molecule has 3 aliphatic rings. The fraction of sp³-hybridized carbons (Fsp3) is 0.455. The first-order valence-corrected chi connectivity index (χ1v) is 14.6. The zero-order valence-corrected chi connectivity index (χ0v) is 25.5. The Bertz CT molecular complexity index is 1350. The number of halogens is 2. The van der Waals surface area contributed by atoms with Gasteiger partial charge >= 0.3 is 0 Å². The van der Waals surface area contributed by atoms with Gasteiger partial charge < -0.3 is 14.4 Å². The minimum Gasteiger partial charge on any atom is -0.488 e. The van der Waals surface area contributed by atoms with Crippen molar-refractivity contribution in [3.63, 3.8) is 0 Å². The van der Waals surface area contributed by atoms with Crippen molar-refractivity contribution in [2.45, 2.75) is 65.9 Å². The number of ether oxygens (including phenoxy) is 2. The number of nitrogens with zero attached hydrogens (tertiary/aromatic N) is 1. The van der Waals surface area contributed by atoms with E-state index in [1.54, 1.807) is 19.2 Å². The van der Waals surface area contributed by atoms with Crippen LogP contribution >= 0.6 is 15.9 Å². The van der Waals surface area contributed by atoms with Gasteiger partial charge in [-0.3, -0.25) is 9.59 Å². The molecule has 2 aliphatic carbocycles. The standard InChI is InChI=1S/C33H37BrFNO4/c1-32(2)15-24-30(26(37)17-32)29(31-25(36(24)12-13-39-5)16-33(3,4)18-27(31)38)21-8-11-28(23(34)14-21)40-19-20-6-9-22(35)10-7-20/h6-11,14,29H,12-13,15-19H2,1-5H3. The van der Waals surface area contributed by atoms with E-state index in [1.165, 1.54) is 12.1 Å². The molecule has 0 saturated carbocycles. The number of hydrogen-bond acceptors (Lipinski definition) is 5. The molecule has 5 nitrogen and oxygen atoms in total. The van der Waals surface area contributed by atoms with Gasteiger partial charge in [-0.25, -0.2) is 4.39 Å². The third-order valence-corrected chi connectivity index (χ3v) is 8.76.